The van der Waals surface area contributed by atoms with Crippen LogP contribution in [0.25, 0.3) is 0 Å². The Hall–Kier alpha value is -2.28. The number of carbonyl (C=O) groups excluding carboxylic acids is 1. The van der Waals surface area contributed by atoms with Crippen LogP contribution in [0.15, 0.2) is 28.9 Å². The van der Waals surface area contributed by atoms with Crippen LogP contribution in [0.3, 0.4) is 0 Å². The molecule has 25 heavy (non-hydrogen) atoms. The Balaban J connectivity index is 1.51. The summed E-state index contributed by atoms with van der Waals surface area (Å²) in [6.07, 6.45) is 5.52. The minimum atomic E-state index is -0.164. The lowest BCUT2D eigenvalue weighted by Gasteiger charge is -2.34. The van der Waals surface area contributed by atoms with E-state index in [0.29, 0.717) is 26.3 Å². The molecule has 0 aliphatic carbocycles. The Morgan fingerprint density at radius 3 is 3.04 bits per heavy atom. The number of furan rings is 1. The number of urea groups is 1. The highest BCUT2D eigenvalue weighted by atomic mass is 16.5. The summed E-state index contributed by atoms with van der Waals surface area (Å²) in [5, 5.41) is 7.25. The van der Waals surface area contributed by atoms with Gasteiger partial charge in [0.25, 0.3) is 0 Å². The molecule has 2 aromatic heterocycles. The van der Waals surface area contributed by atoms with E-state index < -0.39 is 0 Å². The zero-order valence-electron chi connectivity index (χ0n) is 14.9. The summed E-state index contributed by atoms with van der Waals surface area (Å²) in [5.74, 6) is 1.72. The van der Waals surface area contributed by atoms with Crippen molar-refractivity contribution >= 4 is 6.03 Å². The molecule has 3 heterocycles. The predicted octanol–water partition coefficient (Wildman–Crippen LogP) is 2.52. The van der Waals surface area contributed by atoms with E-state index in [0.717, 1.165) is 36.5 Å². The number of aryl methyl sites for hydroxylation is 3. The maximum absolute atomic E-state index is 12.6. The second-order valence-corrected chi connectivity index (χ2v) is 6.31. The smallest absolute Gasteiger partial charge is 0.318 e. The van der Waals surface area contributed by atoms with Crippen LogP contribution in [0.2, 0.25) is 0 Å². The normalized spacial score (nSPS) is 17.7. The topological polar surface area (TPSA) is 72.5 Å². The molecule has 7 heteroatoms. The first-order valence-corrected chi connectivity index (χ1v) is 8.87. The van der Waals surface area contributed by atoms with Gasteiger partial charge in [0.05, 0.1) is 19.4 Å². The van der Waals surface area contributed by atoms with E-state index >= 15 is 0 Å². The highest BCUT2D eigenvalue weighted by Gasteiger charge is 2.30. The zero-order chi connectivity index (χ0) is 17.6. The third-order valence-electron chi connectivity index (χ3n) is 4.35. The van der Waals surface area contributed by atoms with Gasteiger partial charge in [-0.3, -0.25) is 4.68 Å². The third kappa shape index (κ3) is 4.42. The van der Waals surface area contributed by atoms with Crippen molar-refractivity contribution in [1.82, 2.24) is 20.0 Å². The second-order valence-electron chi connectivity index (χ2n) is 6.31. The quantitative estimate of drug-likeness (QED) is 0.816. The molecule has 1 fully saturated rings. The molecule has 1 N–H and O–H groups in total. The fraction of sp³-hybridized carbons (Fsp3) is 0.556. The highest BCUT2D eigenvalue weighted by Crippen LogP contribution is 2.26. The third-order valence-corrected chi connectivity index (χ3v) is 4.35. The summed E-state index contributed by atoms with van der Waals surface area (Å²) in [7, 11) is 0. The van der Waals surface area contributed by atoms with Gasteiger partial charge in [-0.2, -0.15) is 5.10 Å². The van der Waals surface area contributed by atoms with E-state index in [-0.39, 0.29) is 12.1 Å². The van der Waals surface area contributed by atoms with Gasteiger partial charge < -0.3 is 19.4 Å². The Morgan fingerprint density at radius 2 is 2.32 bits per heavy atom. The lowest BCUT2D eigenvalue weighted by atomic mass is 10.2. The number of amides is 2. The molecule has 0 saturated carbocycles. The molecule has 136 valence electrons. The molecule has 7 nitrogen and oxygen atoms in total. The van der Waals surface area contributed by atoms with Gasteiger partial charge in [-0.1, -0.05) is 6.92 Å². The molecular weight excluding hydrogens is 320 g/mol. The number of hydrogen-bond donors (Lipinski definition) is 1. The number of rotatable bonds is 6. The van der Waals surface area contributed by atoms with Crippen molar-refractivity contribution < 1.29 is 13.9 Å². The second kappa shape index (κ2) is 8.20. The highest BCUT2D eigenvalue weighted by molar-refractivity contribution is 5.74. The summed E-state index contributed by atoms with van der Waals surface area (Å²) in [4.78, 5) is 14.4. The van der Waals surface area contributed by atoms with Gasteiger partial charge in [0.15, 0.2) is 0 Å². The Kier molecular flexibility index (Phi) is 5.75. The number of nitrogens with one attached hydrogen (secondary N) is 1. The largest absolute Gasteiger partial charge is 0.464 e. The molecule has 2 aromatic rings. The van der Waals surface area contributed by atoms with Crippen LogP contribution in [0.5, 0.6) is 0 Å². The van der Waals surface area contributed by atoms with E-state index in [1.807, 2.05) is 43.1 Å². The lowest BCUT2D eigenvalue weighted by molar-refractivity contribution is 0.00401. The molecular formula is C18H26N4O3. The average molecular weight is 346 g/mol. The molecule has 2 amide bonds. The lowest BCUT2D eigenvalue weighted by Crippen LogP contribution is -2.48. The molecule has 1 aliphatic heterocycles. The van der Waals surface area contributed by atoms with Crippen molar-refractivity contribution in [3.05, 3.63) is 41.6 Å². The summed E-state index contributed by atoms with van der Waals surface area (Å²) >= 11 is 0. The number of morpholine rings is 1. The molecule has 0 radical (unpaired) electrons. The zero-order valence-corrected chi connectivity index (χ0v) is 14.9. The van der Waals surface area contributed by atoms with Crippen LogP contribution in [0, 0.1) is 6.92 Å². The first-order valence-electron chi connectivity index (χ1n) is 8.87. The first-order chi connectivity index (χ1) is 12.2. The van der Waals surface area contributed by atoms with Crippen molar-refractivity contribution in [2.45, 2.75) is 39.3 Å². The van der Waals surface area contributed by atoms with Gasteiger partial charge in [-0.05, 0) is 31.0 Å². The van der Waals surface area contributed by atoms with Crippen molar-refractivity contribution in [3.63, 3.8) is 0 Å². The fourth-order valence-electron chi connectivity index (χ4n) is 2.97. The summed E-state index contributed by atoms with van der Waals surface area (Å²) in [5.41, 5.74) is 1.14. The van der Waals surface area contributed by atoms with Crippen LogP contribution >= 0.6 is 0 Å². The van der Waals surface area contributed by atoms with E-state index in [9.17, 15) is 4.79 Å². The van der Waals surface area contributed by atoms with Crippen molar-refractivity contribution in [3.8, 4) is 0 Å². The minimum Gasteiger partial charge on any atom is -0.464 e. The van der Waals surface area contributed by atoms with Crippen LogP contribution in [-0.2, 0) is 17.7 Å². The van der Waals surface area contributed by atoms with E-state index in [2.05, 4.69) is 10.4 Å². The fourth-order valence-corrected chi connectivity index (χ4v) is 2.97. The summed E-state index contributed by atoms with van der Waals surface area (Å²) < 4.78 is 13.3. The summed E-state index contributed by atoms with van der Waals surface area (Å²) in [6, 6.07) is 3.67. The Morgan fingerprint density at radius 1 is 1.44 bits per heavy atom. The van der Waals surface area contributed by atoms with Gasteiger partial charge in [-0.25, -0.2) is 4.79 Å². The minimum absolute atomic E-state index is 0.0700. The van der Waals surface area contributed by atoms with E-state index in [4.69, 9.17) is 9.15 Å². The SMILES string of the molecule is CCc1ccc([C@@H]2COCCN2C(=O)NCCCn2cc(C)cn2)o1. The van der Waals surface area contributed by atoms with Gasteiger partial charge in [0.1, 0.15) is 17.6 Å². The molecule has 0 unspecified atom stereocenters. The van der Waals surface area contributed by atoms with Crippen molar-refractivity contribution in [2.75, 3.05) is 26.3 Å². The number of hydrogen-bond acceptors (Lipinski definition) is 4. The molecule has 1 saturated heterocycles. The van der Waals surface area contributed by atoms with E-state index in [1.165, 1.54) is 0 Å². The van der Waals surface area contributed by atoms with Gasteiger partial charge in [0, 0.05) is 32.3 Å². The first kappa shape index (κ1) is 17.5. The van der Waals surface area contributed by atoms with Crippen molar-refractivity contribution in [2.24, 2.45) is 0 Å². The maximum atomic E-state index is 12.6. The monoisotopic (exact) mass is 346 g/mol. The molecule has 0 bridgehead atoms. The number of ether oxygens (including phenoxy) is 1. The van der Waals surface area contributed by atoms with E-state index in [1.54, 1.807) is 4.90 Å². The molecule has 0 aromatic carbocycles. The standard InChI is InChI=1S/C18H26N4O3/c1-3-15-5-6-17(25-15)16-13-24-10-9-22(16)18(23)19-7-4-8-21-12-14(2)11-20-21/h5-6,11-12,16H,3-4,7-10,13H2,1-2H3,(H,19,23)/t16-/m0/s1. The van der Waals surface area contributed by atoms with Gasteiger partial charge in [0.2, 0.25) is 0 Å². The Bertz CT molecular complexity index is 694. The van der Waals surface area contributed by atoms with Crippen LogP contribution in [0.4, 0.5) is 4.79 Å². The summed E-state index contributed by atoms with van der Waals surface area (Å²) in [6.45, 7) is 7.05. The number of nitrogens with zero attached hydrogens (tertiary/aromatic N) is 3. The maximum Gasteiger partial charge on any atom is 0.318 e. The van der Waals surface area contributed by atoms with Crippen LogP contribution in [-0.4, -0.2) is 47.0 Å². The van der Waals surface area contributed by atoms with Gasteiger partial charge >= 0.3 is 6.03 Å². The average Bonchev–Trinajstić information content (AvgIpc) is 3.27. The predicted molar refractivity (Wildman–Crippen MR) is 93.3 cm³/mol. The van der Waals surface area contributed by atoms with Gasteiger partial charge in [-0.15, -0.1) is 0 Å². The number of carbonyl (C=O) groups is 1. The Labute approximate surface area is 147 Å². The van der Waals surface area contributed by atoms with Crippen LogP contribution in [0.1, 0.15) is 36.5 Å². The molecule has 3 rings (SSSR count). The molecule has 1 atom stereocenters. The van der Waals surface area contributed by atoms with Crippen LogP contribution < -0.4 is 5.32 Å². The molecule has 0 spiro atoms. The number of aromatic nitrogens is 2. The molecule has 1 aliphatic rings. The van der Waals surface area contributed by atoms with Crippen molar-refractivity contribution in [1.29, 1.82) is 0 Å².